The highest BCUT2D eigenvalue weighted by molar-refractivity contribution is 6.76. The molecule has 0 saturated carbocycles. The average Bonchev–Trinajstić information content (AvgIpc) is 2.42. The number of pyridine rings is 1. The number of hydrogen-bond donors (Lipinski definition) is 1. The van der Waals surface area contributed by atoms with Crippen molar-refractivity contribution >= 4 is 25.6 Å². The van der Waals surface area contributed by atoms with E-state index in [0.717, 1.165) is 18.3 Å². The van der Waals surface area contributed by atoms with Crippen LogP contribution in [0.2, 0.25) is 25.7 Å². The second kappa shape index (κ2) is 6.44. The third-order valence-corrected chi connectivity index (χ3v) is 5.17. The molecule has 2 rings (SSSR count). The van der Waals surface area contributed by atoms with Gasteiger partial charge < -0.3 is 15.4 Å². The third-order valence-electron chi connectivity index (χ3n) is 3.47. The largest absolute Gasteiger partial charge is 0.361 e. The first-order valence-electron chi connectivity index (χ1n) is 7.23. The maximum Gasteiger partial charge on any atom is 0.320 e. The van der Waals surface area contributed by atoms with Gasteiger partial charge in [-0.15, -0.1) is 0 Å². The van der Waals surface area contributed by atoms with E-state index >= 15 is 0 Å². The highest BCUT2D eigenvalue weighted by Crippen LogP contribution is 2.30. The molecule has 0 bridgehead atoms. The van der Waals surface area contributed by atoms with Crippen LogP contribution in [0, 0.1) is 0 Å². The van der Waals surface area contributed by atoms with E-state index < -0.39 is 14.1 Å². The number of rotatable bonds is 5. The first-order chi connectivity index (χ1) is 9.88. The normalized spacial score (nSPS) is 15.0. The Balaban J connectivity index is 1.99. The number of hydrogen-bond acceptors (Lipinski definition) is 4. The molecule has 2 amide bonds. The van der Waals surface area contributed by atoms with E-state index in [1.807, 2.05) is 12.1 Å². The summed E-state index contributed by atoms with van der Waals surface area (Å²) in [5.74, 6) is 0.616. The Labute approximate surface area is 126 Å². The monoisotopic (exact) mass is 308 g/mol. The average molecular weight is 308 g/mol. The molecule has 0 unspecified atom stereocenters. The molecule has 6 nitrogen and oxygen atoms in total. The lowest BCUT2D eigenvalue weighted by atomic mass is 10.2. The molecule has 0 radical (unpaired) electrons. The Morgan fingerprint density at radius 1 is 1.43 bits per heavy atom. The Morgan fingerprint density at radius 3 is 2.86 bits per heavy atom. The van der Waals surface area contributed by atoms with Crippen LogP contribution < -0.4 is 15.5 Å². The van der Waals surface area contributed by atoms with Gasteiger partial charge in [0.1, 0.15) is 6.73 Å². The number of carbonyl (C=O) groups excluding carboxylic acids is 1. The number of carbonyl (C=O) groups is 1. The number of nitrogens with two attached hydrogens (primary N) is 1. The van der Waals surface area contributed by atoms with E-state index in [-0.39, 0.29) is 0 Å². The predicted octanol–water partition coefficient (Wildman–Crippen LogP) is 2.10. The molecule has 0 saturated heterocycles. The Bertz CT molecular complexity index is 504. The molecule has 0 fully saturated rings. The number of aromatic nitrogens is 1. The van der Waals surface area contributed by atoms with Crippen LogP contribution in [0.15, 0.2) is 18.3 Å². The fraction of sp³-hybridized carbons (Fsp3) is 0.571. The molecule has 1 aromatic rings. The van der Waals surface area contributed by atoms with Gasteiger partial charge in [-0.2, -0.15) is 0 Å². The van der Waals surface area contributed by atoms with Gasteiger partial charge in [0, 0.05) is 34.0 Å². The first-order valence-corrected chi connectivity index (χ1v) is 10.9. The summed E-state index contributed by atoms with van der Waals surface area (Å²) in [5.41, 5.74) is 6.30. The van der Waals surface area contributed by atoms with Crippen molar-refractivity contribution in [3.05, 3.63) is 18.3 Å². The van der Waals surface area contributed by atoms with E-state index in [4.69, 9.17) is 10.5 Å². The van der Waals surface area contributed by atoms with E-state index in [1.165, 1.54) is 4.90 Å². The van der Waals surface area contributed by atoms with Crippen molar-refractivity contribution in [3.63, 3.8) is 0 Å². The second-order valence-corrected chi connectivity index (χ2v) is 12.1. The first kappa shape index (κ1) is 15.8. The van der Waals surface area contributed by atoms with Crippen molar-refractivity contribution < 1.29 is 9.53 Å². The quantitative estimate of drug-likeness (QED) is 0.668. The molecule has 0 aliphatic carbocycles. The lowest BCUT2D eigenvalue weighted by Gasteiger charge is -2.35. The molecule has 0 atom stereocenters. The van der Waals surface area contributed by atoms with Crippen molar-refractivity contribution in [3.8, 4) is 0 Å². The molecule has 1 aliphatic heterocycles. The van der Waals surface area contributed by atoms with Gasteiger partial charge in [0.05, 0.1) is 5.69 Å². The van der Waals surface area contributed by atoms with E-state index in [0.29, 0.717) is 25.6 Å². The molecule has 116 valence electrons. The summed E-state index contributed by atoms with van der Waals surface area (Å²) in [7, 11) is -1.07. The maximum absolute atomic E-state index is 11.5. The molecular weight excluding hydrogens is 284 g/mol. The zero-order valence-electron chi connectivity index (χ0n) is 13.0. The second-order valence-electron chi connectivity index (χ2n) is 6.45. The summed E-state index contributed by atoms with van der Waals surface area (Å²) in [5, 5.41) is 0. The summed E-state index contributed by atoms with van der Waals surface area (Å²) in [6.07, 6.45) is 1.67. The summed E-state index contributed by atoms with van der Waals surface area (Å²) < 4.78 is 5.80. The van der Waals surface area contributed by atoms with Gasteiger partial charge in [0.25, 0.3) is 0 Å². The van der Waals surface area contributed by atoms with E-state index in [2.05, 4.69) is 29.5 Å². The lowest BCUT2D eigenvalue weighted by molar-refractivity contribution is 0.146. The fourth-order valence-corrected chi connectivity index (χ4v) is 2.95. The number of fused-ring (bicyclic) bond motifs is 1. The van der Waals surface area contributed by atoms with Crippen LogP contribution in [0.5, 0.6) is 0 Å². The molecule has 21 heavy (non-hydrogen) atoms. The van der Waals surface area contributed by atoms with Gasteiger partial charge >= 0.3 is 6.03 Å². The van der Waals surface area contributed by atoms with Gasteiger partial charge in [-0.25, -0.2) is 9.78 Å². The summed E-state index contributed by atoms with van der Waals surface area (Å²) in [6, 6.07) is 4.49. The highest BCUT2D eigenvalue weighted by atomic mass is 28.3. The number of ether oxygens (including phenoxy) is 1. The molecular formula is C14H24N4O2Si. The third kappa shape index (κ3) is 4.18. The van der Waals surface area contributed by atoms with Crippen LogP contribution in [0.1, 0.15) is 0 Å². The van der Waals surface area contributed by atoms with E-state index in [9.17, 15) is 4.79 Å². The number of amides is 2. The minimum absolute atomic E-state index is 0.464. The van der Waals surface area contributed by atoms with Crippen LogP contribution in [-0.2, 0) is 4.74 Å². The van der Waals surface area contributed by atoms with Crippen LogP contribution in [0.4, 0.5) is 16.3 Å². The Morgan fingerprint density at radius 2 is 2.19 bits per heavy atom. The molecule has 1 aromatic heterocycles. The molecule has 7 heteroatoms. The number of primary amides is 1. The van der Waals surface area contributed by atoms with Crippen LogP contribution >= 0.6 is 0 Å². The molecule has 0 spiro atoms. The number of urea groups is 1. The molecule has 0 aromatic carbocycles. The van der Waals surface area contributed by atoms with Crippen molar-refractivity contribution in [1.29, 1.82) is 0 Å². The lowest BCUT2D eigenvalue weighted by Crippen LogP contribution is -2.47. The predicted molar refractivity (Wildman–Crippen MR) is 87.5 cm³/mol. The number of anilines is 2. The van der Waals surface area contributed by atoms with Crippen LogP contribution in [0.3, 0.4) is 0 Å². The summed E-state index contributed by atoms with van der Waals surface area (Å²) in [6.45, 7) is 9.55. The minimum atomic E-state index is -1.07. The van der Waals surface area contributed by atoms with Gasteiger partial charge in [-0.05, 0) is 18.2 Å². The Kier molecular flexibility index (Phi) is 4.84. The molecule has 2 heterocycles. The minimum Gasteiger partial charge on any atom is -0.361 e. The molecule has 2 N–H and O–H groups in total. The topological polar surface area (TPSA) is 71.7 Å². The zero-order valence-corrected chi connectivity index (χ0v) is 14.0. The van der Waals surface area contributed by atoms with Crippen molar-refractivity contribution in [1.82, 2.24) is 4.98 Å². The highest BCUT2D eigenvalue weighted by Gasteiger charge is 2.26. The summed E-state index contributed by atoms with van der Waals surface area (Å²) >= 11 is 0. The maximum atomic E-state index is 11.5. The molecule has 1 aliphatic rings. The SMILES string of the molecule is C[Si](C)(C)CCOCN1CCN(C(N)=O)c2ncccc21. The van der Waals surface area contributed by atoms with Crippen molar-refractivity contribution in [2.75, 3.05) is 36.2 Å². The fourth-order valence-electron chi connectivity index (χ4n) is 2.19. The van der Waals surface area contributed by atoms with Crippen molar-refractivity contribution in [2.45, 2.75) is 25.7 Å². The standard InChI is InChI=1S/C14H24N4O2Si/c1-21(2,3)10-9-20-11-17-7-8-18(14(15)19)13-12(17)5-4-6-16-13/h4-6H,7-11H2,1-3H3,(H2,15,19). The zero-order chi connectivity index (χ0) is 15.5. The van der Waals surface area contributed by atoms with Gasteiger partial charge in [0.2, 0.25) is 0 Å². The van der Waals surface area contributed by atoms with Crippen LogP contribution in [-0.4, -0.2) is 45.5 Å². The number of nitrogens with zero attached hydrogens (tertiary/aromatic N) is 3. The smallest absolute Gasteiger partial charge is 0.320 e. The van der Waals surface area contributed by atoms with E-state index in [1.54, 1.807) is 6.20 Å². The van der Waals surface area contributed by atoms with Gasteiger partial charge in [-0.1, -0.05) is 19.6 Å². The Hall–Kier alpha value is -1.60. The van der Waals surface area contributed by atoms with Crippen molar-refractivity contribution in [2.24, 2.45) is 5.73 Å². The summed E-state index contributed by atoms with van der Waals surface area (Å²) in [4.78, 5) is 19.3. The van der Waals surface area contributed by atoms with Crippen LogP contribution in [0.25, 0.3) is 0 Å². The van der Waals surface area contributed by atoms with Gasteiger partial charge in [0.15, 0.2) is 5.82 Å². The van der Waals surface area contributed by atoms with Gasteiger partial charge in [-0.3, -0.25) is 4.90 Å².